The zero-order chi connectivity index (χ0) is 13.7. The SMILES string of the molecule is C/C(=N/NC(=S)Nc1ccc(Cl)cc1)c1cccs1. The fourth-order valence-corrected chi connectivity index (χ4v) is 2.33. The molecule has 1 heterocycles. The molecule has 0 aliphatic rings. The number of halogens is 1. The molecule has 0 saturated carbocycles. The minimum atomic E-state index is 0.443. The summed E-state index contributed by atoms with van der Waals surface area (Å²) >= 11 is 12.6. The maximum atomic E-state index is 5.81. The molecule has 2 rings (SSSR count). The maximum absolute atomic E-state index is 5.81. The number of rotatable bonds is 3. The van der Waals surface area contributed by atoms with Gasteiger partial charge in [-0.3, -0.25) is 5.43 Å². The third-order valence-corrected chi connectivity index (χ3v) is 3.73. The molecule has 0 saturated heterocycles. The number of hydrogen-bond donors (Lipinski definition) is 2. The zero-order valence-electron chi connectivity index (χ0n) is 10.2. The van der Waals surface area contributed by atoms with E-state index >= 15 is 0 Å². The monoisotopic (exact) mass is 309 g/mol. The van der Waals surface area contributed by atoms with Crippen LogP contribution in [0.2, 0.25) is 5.02 Å². The van der Waals surface area contributed by atoms with Crippen molar-refractivity contribution in [3.05, 3.63) is 51.7 Å². The van der Waals surface area contributed by atoms with Crippen LogP contribution in [-0.2, 0) is 0 Å². The molecule has 0 bridgehead atoms. The Labute approximate surface area is 126 Å². The number of thiophene rings is 1. The molecule has 0 spiro atoms. The molecule has 0 atom stereocenters. The Balaban J connectivity index is 1.91. The largest absolute Gasteiger partial charge is 0.331 e. The van der Waals surface area contributed by atoms with E-state index in [-0.39, 0.29) is 0 Å². The van der Waals surface area contributed by atoms with Crippen LogP contribution in [0, 0.1) is 0 Å². The third-order valence-electron chi connectivity index (χ3n) is 2.31. The lowest BCUT2D eigenvalue weighted by Gasteiger charge is -2.07. The van der Waals surface area contributed by atoms with Crippen molar-refractivity contribution in [1.82, 2.24) is 5.43 Å². The molecule has 0 aliphatic heterocycles. The van der Waals surface area contributed by atoms with Gasteiger partial charge >= 0.3 is 0 Å². The number of hydrogen-bond acceptors (Lipinski definition) is 3. The van der Waals surface area contributed by atoms with Gasteiger partial charge in [-0.2, -0.15) is 5.10 Å². The Hall–Kier alpha value is -1.43. The highest BCUT2D eigenvalue weighted by Crippen LogP contribution is 2.13. The van der Waals surface area contributed by atoms with E-state index in [2.05, 4.69) is 15.8 Å². The molecule has 0 aliphatic carbocycles. The fourth-order valence-electron chi connectivity index (χ4n) is 1.37. The van der Waals surface area contributed by atoms with Crippen LogP contribution in [0.3, 0.4) is 0 Å². The Morgan fingerprint density at radius 2 is 2.00 bits per heavy atom. The molecule has 2 N–H and O–H groups in total. The predicted molar refractivity (Wildman–Crippen MR) is 87.3 cm³/mol. The highest BCUT2D eigenvalue weighted by molar-refractivity contribution is 7.80. The molecule has 0 amide bonds. The normalized spacial score (nSPS) is 11.2. The van der Waals surface area contributed by atoms with Crippen molar-refractivity contribution in [2.75, 3.05) is 5.32 Å². The number of thiocarbonyl (C=S) groups is 1. The lowest BCUT2D eigenvalue weighted by molar-refractivity contribution is 1.04. The predicted octanol–water partition coefficient (Wildman–Crippen LogP) is 4.11. The summed E-state index contributed by atoms with van der Waals surface area (Å²) in [5.41, 5.74) is 4.58. The molecule has 1 aromatic carbocycles. The van der Waals surface area contributed by atoms with Crippen molar-refractivity contribution < 1.29 is 0 Å². The minimum Gasteiger partial charge on any atom is -0.331 e. The molecule has 6 heteroatoms. The van der Waals surface area contributed by atoms with Crippen molar-refractivity contribution in [2.24, 2.45) is 5.10 Å². The van der Waals surface area contributed by atoms with Crippen LogP contribution in [0.15, 0.2) is 46.9 Å². The van der Waals surface area contributed by atoms with E-state index in [0.717, 1.165) is 16.3 Å². The van der Waals surface area contributed by atoms with Gasteiger partial charge in [0, 0.05) is 15.6 Å². The van der Waals surface area contributed by atoms with Gasteiger partial charge in [-0.1, -0.05) is 17.7 Å². The van der Waals surface area contributed by atoms with Crippen LogP contribution in [0.25, 0.3) is 0 Å². The first-order chi connectivity index (χ1) is 9.15. The summed E-state index contributed by atoms with van der Waals surface area (Å²) < 4.78 is 0. The molecule has 98 valence electrons. The van der Waals surface area contributed by atoms with E-state index in [1.165, 1.54) is 0 Å². The molecule has 2 aromatic rings. The van der Waals surface area contributed by atoms with Crippen LogP contribution in [-0.4, -0.2) is 10.8 Å². The molecular weight excluding hydrogens is 298 g/mol. The fraction of sp³-hybridized carbons (Fsp3) is 0.0769. The van der Waals surface area contributed by atoms with Gasteiger partial charge in [0.2, 0.25) is 0 Å². The number of benzene rings is 1. The zero-order valence-corrected chi connectivity index (χ0v) is 12.6. The molecule has 1 aromatic heterocycles. The standard InChI is InChI=1S/C13H12ClN3S2/c1-9(12-3-2-8-19-12)16-17-13(18)15-11-6-4-10(14)5-7-11/h2-8H,1H3,(H2,15,17,18)/b16-9-. The van der Waals surface area contributed by atoms with E-state index in [4.69, 9.17) is 23.8 Å². The lowest BCUT2D eigenvalue weighted by Crippen LogP contribution is -2.24. The highest BCUT2D eigenvalue weighted by Gasteiger charge is 1.99. The van der Waals surface area contributed by atoms with Gasteiger partial charge in [-0.25, -0.2) is 0 Å². The topological polar surface area (TPSA) is 36.4 Å². The van der Waals surface area contributed by atoms with Crippen LogP contribution < -0.4 is 10.7 Å². The second-order valence-electron chi connectivity index (χ2n) is 3.75. The van der Waals surface area contributed by atoms with Crippen LogP contribution in [0.1, 0.15) is 11.8 Å². The van der Waals surface area contributed by atoms with Crippen molar-refractivity contribution >= 4 is 51.7 Å². The first-order valence-corrected chi connectivity index (χ1v) is 7.22. The summed E-state index contributed by atoms with van der Waals surface area (Å²) in [6, 6.07) is 11.3. The Bertz CT molecular complexity index is 576. The average molecular weight is 310 g/mol. The van der Waals surface area contributed by atoms with Crippen molar-refractivity contribution in [2.45, 2.75) is 6.92 Å². The Morgan fingerprint density at radius 1 is 1.26 bits per heavy atom. The molecule has 0 radical (unpaired) electrons. The van der Waals surface area contributed by atoms with Gasteiger partial charge in [0.25, 0.3) is 0 Å². The van der Waals surface area contributed by atoms with Crippen molar-refractivity contribution in [1.29, 1.82) is 0 Å². The van der Waals surface area contributed by atoms with E-state index in [0.29, 0.717) is 10.1 Å². The minimum absolute atomic E-state index is 0.443. The third kappa shape index (κ3) is 4.31. The quantitative estimate of drug-likeness (QED) is 0.509. The second kappa shape index (κ2) is 6.65. The summed E-state index contributed by atoms with van der Waals surface area (Å²) in [7, 11) is 0. The van der Waals surface area contributed by atoms with E-state index < -0.39 is 0 Å². The van der Waals surface area contributed by atoms with Gasteiger partial charge in [0.05, 0.1) is 5.71 Å². The van der Waals surface area contributed by atoms with Gasteiger partial charge < -0.3 is 5.32 Å². The second-order valence-corrected chi connectivity index (χ2v) is 5.54. The molecule has 3 nitrogen and oxygen atoms in total. The summed E-state index contributed by atoms with van der Waals surface area (Å²) in [4.78, 5) is 1.11. The number of anilines is 1. The van der Waals surface area contributed by atoms with E-state index in [1.807, 2.05) is 36.6 Å². The number of hydrazone groups is 1. The Morgan fingerprint density at radius 3 is 2.63 bits per heavy atom. The summed E-state index contributed by atoms with van der Waals surface area (Å²) in [5.74, 6) is 0. The van der Waals surface area contributed by atoms with Gasteiger partial charge in [-0.05, 0) is 54.9 Å². The van der Waals surface area contributed by atoms with Crippen molar-refractivity contribution in [3.63, 3.8) is 0 Å². The van der Waals surface area contributed by atoms with Crippen molar-refractivity contribution in [3.8, 4) is 0 Å². The van der Waals surface area contributed by atoms with Crippen LogP contribution >= 0.6 is 35.2 Å². The highest BCUT2D eigenvalue weighted by atomic mass is 35.5. The molecular formula is C13H12ClN3S2. The van der Waals surface area contributed by atoms with Crippen LogP contribution in [0.5, 0.6) is 0 Å². The maximum Gasteiger partial charge on any atom is 0.191 e. The van der Waals surface area contributed by atoms with Crippen LogP contribution in [0.4, 0.5) is 5.69 Å². The summed E-state index contributed by atoms with van der Waals surface area (Å²) in [6.45, 7) is 1.93. The first-order valence-electron chi connectivity index (χ1n) is 5.56. The van der Waals surface area contributed by atoms with Gasteiger partial charge in [-0.15, -0.1) is 11.3 Å². The molecule has 0 unspecified atom stereocenters. The van der Waals surface area contributed by atoms with E-state index in [1.54, 1.807) is 23.5 Å². The van der Waals surface area contributed by atoms with E-state index in [9.17, 15) is 0 Å². The average Bonchev–Trinajstić information content (AvgIpc) is 2.93. The molecule has 0 fully saturated rings. The first kappa shape index (κ1) is 14.0. The summed E-state index contributed by atoms with van der Waals surface area (Å²) in [5, 5.41) is 10.4. The lowest BCUT2D eigenvalue weighted by atomic mass is 10.3. The Kier molecular flexibility index (Phi) is 4.90. The summed E-state index contributed by atoms with van der Waals surface area (Å²) in [6.07, 6.45) is 0. The van der Waals surface area contributed by atoms with Gasteiger partial charge in [0.1, 0.15) is 0 Å². The number of nitrogens with one attached hydrogen (secondary N) is 2. The van der Waals surface area contributed by atoms with Gasteiger partial charge in [0.15, 0.2) is 5.11 Å². The number of nitrogens with zero attached hydrogens (tertiary/aromatic N) is 1. The smallest absolute Gasteiger partial charge is 0.191 e. The molecule has 19 heavy (non-hydrogen) atoms.